The molecule has 2 amide bonds. The maximum atomic E-state index is 12.8. The SMILES string of the molecule is N#CC(=Cc1ccc(-c2ccc(C(=O)O)cc2)o1)C(=O)Nc1sc2c(c1C(N)=O)CCCC2. The standard InChI is InChI=1S/C24H19N3O5S/c25-12-15(11-16-9-10-18(32-16)13-5-7-14(8-6-13)24(30)31)22(29)27-23-20(21(26)28)17-3-1-2-4-19(17)33-23/h5-11H,1-4H2,(H2,26,28)(H,27,29)(H,30,31). The number of aromatic carboxylic acids is 1. The molecule has 1 aromatic carbocycles. The molecule has 2 heterocycles. The summed E-state index contributed by atoms with van der Waals surface area (Å²) in [6, 6.07) is 11.3. The van der Waals surface area contributed by atoms with Gasteiger partial charge in [-0.25, -0.2) is 4.79 Å². The van der Waals surface area contributed by atoms with Gasteiger partial charge in [0.1, 0.15) is 28.2 Å². The Bertz CT molecular complexity index is 1330. The second-order valence-corrected chi connectivity index (χ2v) is 8.59. The van der Waals surface area contributed by atoms with E-state index in [0.29, 0.717) is 21.9 Å². The predicted octanol–water partition coefficient (Wildman–Crippen LogP) is 4.23. The number of hydrogen-bond donors (Lipinski definition) is 3. The molecule has 166 valence electrons. The number of thiophene rings is 1. The maximum Gasteiger partial charge on any atom is 0.335 e. The summed E-state index contributed by atoms with van der Waals surface area (Å²) in [4.78, 5) is 36.8. The van der Waals surface area contributed by atoms with Crippen LogP contribution in [0.3, 0.4) is 0 Å². The lowest BCUT2D eigenvalue weighted by atomic mass is 9.95. The van der Waals surface area contributed by atoms with E-state index < -0.39 is 17.8 Å². The van der Waals surface area contributed by atoms with Gasteiger partial charge in [-0.05, 0) is 55.5 Å². The number of nitrogens with two attached hydrogens (primary N) is 1. The van der Waals surface area contributed by atoms with Crippen molar-refractivity contribution >= 4 is 40.2 Å². The van der Waals surface area contributed by atoms with Gasteiger partial charge in [0, 0.05) is 16.5 Å². The van der Waals surface area contributed by atoms with E-state index in [1.165, 1.54) is 29.5 Å². The number of primary amides is 1. The van der Waals surface area contributed by atoms with Crippen LogP contribution in [0.2, 0.25) is 0 Å². The van der Waals surface area contributed by atoms with E-state index in [0.717, 1.165) is 36.1 Å². The molecular formula is C24H19N3O5S. The van der Waals surface area contributed by atoms with Gasteiger partial charge in [-0.1, -0.05) is 12.1 Å². The highest BCUT2D eigenvalue weighted by molar-refractivity contribution is 7.17. The van der Waals surface area contributed by atoms with E-state index in [1.807, 2.05) is 6.07 Å². The molecule has 0 radical (unpaired) electrons. The first-order valence-corrected chi connectivity index (χ1v) is 11.0. The number of nitrogens with zero attached hydrogens (tertiary/aromatic N) is 1. The van der Waals surface area contributed by atoms with Crippen molar-refractivity contribution in [2.45, 2.75) is 25.7 Å². The number of carbonyl (C=O) groups excluding carboxylic acids is 2. The highest BCUT2D eigenvalue weighted by Gasteiger charge is 2.25. The van der Waals surface area contributed by atoms with Gasteiger partial charge >= 0.3 is 5.97 Å². The molecule has 0 saturated heterocycles. The Labute approximate surface area is 192 Å². The number of nitriles is 1. The lowest BCUT2D eigenvalue weighted by molar-refractivity contribution is -0.112. The molecule has 0 spiro atoms. The number of rotatable bonds is 6. The molecule has 0 bridgehead atoms. The fraction of sp³-hybridized carbons (Fsp3) is 0.167. The van der Waals surface area contributed by atoms with Crippen molar-refractivity contribution in [1.29, 1.82) is 5.26 Å². The lowest BCUT2D eigenvalue weighted by Crippen LogP contribution is -2.19. The highest BCUT2D eigenvalue weighted by Crippen LogP contribution is 2.38. The van der Waals surface area contributed by atoms with Crippen LogP contribution in [-0.4, -0.2) is 22.9 Å². The summed E-state index contributed by atoms with van der Waals surface area (Å²) < 4.78 is 5.70. The number of aryl methyl sites for hydroxylation is 1. The average Bonchev–Trinajstić information content (AvgIpc) is 3.41. The molecule has 0 fully saturated rings. The molecule has 0 saturated carbocycles. The highest BCUT2D eigenvalue weighted by atomic mass is 32.1. The first-order valence-electron chi connectivity index (χ1n) is 10.2. The number of carboxylic acids is 1. The average molecular weight is 461 g/mol. The Kier molecular flexibility index (Phi) is 6.11. The van der Waals surface area contributed by atoms with E-state index >= 15 is 0 Å². The number of furan rings is 1. The van der Waals surface area contributed by atoms with Crippen molar-refractivity contribution in [3.8, 4) is 17.4 Å². The van der Waals surface area contributed by atoms with Gasteiger partial charge < -0.3 is 20.6 Å². The molecule has 1 aliphatic rings. The Balaban J connectivity index is 1.56. The van der Waals surface area contributed by atoms with E-state index in [2.05, 4.69) is 5.32 Å². The minimum Gasteiger partial charge on any atom is -0.478 e. The van der Waals surface area contributed by atoms with E-state index in [9.17, 15) is 19.6 Å². The zero-order chi connectivity index (χ0) is 23.5. The molecule has 33 heavy (non-hydrogen) atoms. The zero-order valence-electron chi connectivity index (χ0n) is 17.4. The summed E-state index contributed by atoms with van der Waals surface area (Å²) >= 11 is 1.32. The number of carbonyl (C=O) groups is 3. The van der Waals surface area contributed by atoms with Crippen molar-refractivity contribution in [2.24, 2.45) is 5.73 Å². The van der Waals surface area contributed by atoms with Crippen LogP contribution in [0.25, 0.3) is 17.4 Å². The molecule has 8 nitrogen and oxygen atoms in total. The minimum atomic E-state index is -1.03. The lowest BCUT2D eigenvalue weighted by Gasteiger charge is -2.11. The van der Waals surface area contributed by atoms with Crippen LogP contribution < -0.4 is 11.1 Å². The maximum absolute atomic E-state index is 12.8. The summed E-state index contributed by atoms with van der Waals surface area (Å²) in [5.74, 6) is -1.56. The van der Waals surface area contributed by atoms with Gasteiger partial charge in [-0.3, -0.25) is 9.59 Å². The Morgan fingerprint density at radius 3 is 2.52 bits per heavy atom. The molecule has 9 heteroatoms. The number of benzene rings is 1. The van der Waals surface area contributed by atoms with E-state index in [1.54, 1.807) is 24.3 Å². The topological polar surface area (TPSA) is 146 Å². The summed E-state index contributed by atoms with van der Waals surface area (Å²) in [6.07, 6.45) is 4.86. The Morgan fingerprint density at radius 2 is 1.85 bits per heavy atom. The molecule has 2 aromatic heterocycles. The first kappa shape index (κ1) is 22.0. The third-order valence-electron chi connectivity index (χ3n) is 5.34. The molecule has 4 rings (SSSR count). The van der Waals surface area contributed by atoms with Crippen molar-refractivity contribution in [1.82, 2.24) is 0 Å². The minimum absolute atomic E-state index is 0.152. The van der Waals surface area contributed by atoms with Crippen LogP contribution in [0.5, 0.6) is 0 Å². The largest absolute Gasteiger partial charge is 0.478 e. The smallest absolute Gasteiger partial charge is 0.335 e. The van der Waals surface area contributed by atoms with Crippen molar-refractivity contribution in [3.63, 3.8) is 0 Å². The summed E-state index contributed by atoms with van der Waals surface area (Å²) in [7, 11) is 0. The van der Waals surface area contributed by atoms with Crippen LogP contribution in [0, 0.1) is 11.3 Å². The summed E-state index contributed by atoms with van der Waals surface area (Å²) in [5, 5.41) is 21.5. The second kappa shape index (κ2) is 9.14. The van der Waals surface area contributed by atoms with Crippen LogP contribution in [0.1, 0.15) is 49.8 Å². The van der Waals surface area contributed by atoms with Gasteiger partial charge in [0.05, 0.1) is 11.1 Å². The molecule has 3 aromatic rings. The zero-order valence-corrected chi connectivity index (χ0v) is 18.2. The van der Waals surface area contributed by atoms with Gasteiger partial charge in [-0.2, -0.15) is 5.26 Å². The number of fused-ring (bicyclic) bond motifs is 1. The summed E-state index contributed by atoms with van der Waals surface area (Å²) in [6.45, 7) is 0. The monoisotopic (exact) mass is 461 g/mol. The van der Waals surface area contributed by atoms with Crippen LogP contribution in [0.4, 0.5) is 5.00 Å². The third-order valence-corrected chi connectivity index (χ3v) is 6.55. The van der Waals surface area contributed by atoms with Crippen molar-refractivity contribution < 1.29 is 23.9 Å². The molecule has 0 aliphatic heterocycles. The van der Waals surface area contributed by atoms with Crippen LogP contribution >= 0.6 is 11.3 Å². The number of carboxylic acid groups (broad SMARTS) is 1. The normalized spacial score (nSPS) is 13.1. The second-order valence-electron chi connectivity index (χ2n) is 7.49. The molecule has 4 N–H and O–H groups in total. The fourth-order valence-electron chi connectivity index (χ4n) is 3.74. The van der Waals surface area contributed by atoms with Gasteiger partial charge in [0.2, 0.25) is 0 Å². The number of hydrogen-bond acceptors (Lipinski definition) is 6. The first-order chi connectivity index (χ1) is 15.9. The van der Waals surface area contributed by atoms with Gasteiger partial charge in [-0.15, -0.1) is 11.3 Å². The quantitative estimate of drug-likeness (QED) is 0.370. The molecule has 1 aliphatic carbocycles. The fourth-order valence-corrected chi connectivity index (χ4v) is 5.03. The Morgan fingerprint density at radius 1 is 1.12 bits per heavy atom. The van der Waals surface area contributed by atoms with Crippen molar-refractivity contribution in [2.75, 3.05) is 5.32 Å². The van der Waals surface area contributed by atoms with Crippen LogP contribution in [0.15, 0.2) is 46.4 Å². The van der Waals surface area contributed by atoms with E-state index in [-0.39, 0.29) is 16.9 Å². The summed E-state index contributed by atoms with van der Waals surface area (Å²) in [5.41, 5.74) is 7.39. The predicted molar refractivity (Wildman–Crippen MR) is 123 cm³/mol. The van der Waals surface area contributed by atoms with E-state index in [4.69, 9.17) is 15.3 Å². The van der Waals surface area contributed by atoms with Crippen molar-refractivity contribution in [3.05, 3.63) is 69.3 Å². The third kappa shape index (κ3) is 4.56. The molecule has 0 unspecified atom stereocenters. The van der Waals surface area contributed by atoms with Gasteiger partial charge in [0.15, 0.2) is 0 Å². The number of amides is 2. The molecular weight excluding hydrogens is 442 g/mol. The number of anilines is 1. The van der Waals surface area contributed by atoms with Gasteiger partial charge in [0.25, 0.3) is 11.8 Å². The number of nitrogens with one attached hydrogen (secondary N) is 1. The Hall–Kier alpha value is -4.16. The van der Waals surface area contributed by atoms with Crippen LogP contribution in [-0.2, 0) is 17.6 Å². The molecule has 0 atom stereocenters.